The predicted molar refractivity (Wildman–Crippen MR) is 71.8 cm³/mol. The van der Waals surface area contributed by atoms with Gasteiger partial charge in [0.25, 0.3) is 0 Å². The molecular formula is C16H22O. The lowest BCUT2D eigenvalue weighted by molar-refractivity contribution is 0.237. The second-order valence-corrected chi connectivity index (χ2v) is 5.18. The normalized spacial score (nSPS) is 24.3. The van der Waals surface area contributed by atoms with Crippen LogP contribution >= 0.6 is 0 Å². The van der Waals surface area contributed by atoms with E-state index in [1.165, 1.54) is 43.1 Å². The van der Waals surface area contributed by atoms with Gasteiger partial charge in [0.15, 0.2) is 0 Å². The van der Waals surface area contributed by atoms with E-state index in [2.05, 4.69) is 37.8 Å². The van der Waals surface area contributed by atoms with Crippen LogP contribution in [0.2, 0.25) is 0 Å². The number of hydrogen-bond acceptors (Lipinski definition) is 1. The standard InChI is InChI=1S/C16H22O/c1-3-17-12-14-6-10-16(11-7-14)15-8-4-13(2)5-9-15/h3,6-7,10-11,13,15H,1,4-5,8-9,12H2,2H3. The lowest BCUT2D eigenvalue weighted by Gasteiger charge is -2.26. The lowest BCUT2D eigenvalue weighted by atomic mass is 9.79. The van der Waals surface area contributed by atoms with E-state index >= 15 is 0 Å². The molecule has 0 spiro atoms. The highest BCUT2D eigenvalue weighted by Crippen LogP contribution is 2.35. The molecule has 1 fully saturated rings. The van der Waals surface area contributed by atoms with Crippen molar-refractivity contribution in [1.29, 1.82) is 0 Å². The monoisotopic (exact) mass is 230 g/mol. The van der Waals surface area contributed by atoms with E-state index in [4.69, 9.17) is 4.74 Å². The average Bonchev–Trinajstić information content (AvgIpc) is 2.38. The Morgan fingerprint density at radius 3 is 2.41 bits per heavy atom. The van der Waals surface area contributed by atoms with Gasteiger partial charge in [0.05, 0.1) is 6.26 Å². The van der Waals surface area contributed by atoms with E-state index in [0.717, 1.165) is 11.8 Å². The maximum Gasteiger partial charge on any atom is 0.112 e. The van der Waals surface area contributed by atoms with Crippen LogP contribution < -0.4 is 0 Å². The summed E-state index contributed by atoms with van der Waals surface area (Å²) in [5.74, 6) is 1.70. The number of ether oxygens (including phenoxy) is 1. The first-order chi connectivity index (χ1) is 8.29. The van der Waals surface area contributed by atoms with E-state index in [9.17, 15) is 0 Å². The molecule has 1 aromatic carbocycles. The van der Waals surface area contributed by atoms with E-state index in [0.29, 0.717) is 6.61 Å². The molecule has 1 heteroatoms. The zero-order chi connectivity index (χ0) is 12.1. The first kappa shape index (κ1) is 12.2. The van der Waals surface area contributed by atoms with Crippen LogP contribution in [0, 0.1) is 5.92 Å². The minimum absolute atomic E-state index is 0.630. The molecule has 0 radical (unpaired) electrons. The van der Waals surface area contributed by atoms with Gasteiger partial charge in [-0.25, -0.2) is 0 Å². The minimum atomic E-state index is 0.630. The average molecular weight is 230 g/mol. The van der Waals surface area contributed by atoms with Crippen molar-refractivity contribution in [2.75, 3.05) is 0 Å². The largest absolute Gasteiger partial charge is 0.497 e. The van der Waals surface area contributed by atoms with Crippen molar-refractivity contribution < 1.29 is 4.74 Å². The van der Waals surface area contributed by atoms with Crippen LogP contribution in [0.25, 0.3) is 0 Å². The van der Waals surface area contributed by atoms with E-state index in [1.807, 2.05) is 0 Å². The molecule has 92 valence electrons. The Bertz CT molecular complexity index is 344. The lowest BCUT2D eigenvalue weighted by Crippen LogP contribution is -2.10. The zero-order valence-corrected chi connectivity index (χ0v) is 10.7. The van der Waals surface area contributed by atoms with Gasteiger partial charge in [-0.05, 0) is 35.8 Å². The summed E-state index contributed by atoms with van der Waals surface area (Å²) in [6, 6.07) is 8.89. The second kappa shape index (κ2) is 5.90. The molecule has 0 N–H and O–H groups in total. The maximum absolute atomic E-state index is 5.18. The molecule has 0 atom stereocenters. The van der Waals surface area contributed by atoms with Gasteiger partial charge in [-0.15, -0.1) is 0 Å². The Hall–Kier alpha value is -1.24. The summed E-state index contributed by atoms with van der Waals surface area (Å²) in [6.07, 6.45) is 6.96. The predicted octanol–water partition coefficient (Wildman–Crippen LogP) is 4.64. The number of rotatable bonds is 4. The molecule has 1 aliphatic rings. The third kappa shape index (κ3) is 3.36. The molecule has 0 aromatic heterocycles. The quantitative estimate of drug-likeness (QED) is 0.685. The molecule has 0 amide bonds. The van der Waals surface area contributed by atoms with Gasteiger partial charge in [-0.3, -0.25) is 0 Å². The Kier molecular flexibility index (Phi) is 4.24. The maximum atomic E-state index is 5.18. The van der Waals surface area contributed by atoms with Gasteiger partial charge < -0.3 is 4.74 Å². The highest BCUT2D eigenvalue weighted by atomic mass is 16.5. The molecule has 1 saturated carbocycles. The van der Waals surface area contributed by atoms with Gasteiger partial charge >= 0.3 is 0 Å². The zero-order valence-electron chi connectivity index (χ0n) is 10.7. The Labute approximate surface area is 104 Å². The van der Waals surface area contributed by atoms with E-state index in [1.54, 1.807) is 0 Å². The van der Waals surface area contributed by atoms with Crippen LogP contribution in [0.3, 0.4) is 0 Å². The Balaban J connectivity index is 1.95. The third-order valence-electron chi connectivity index (χ3n) is 3.83. The van der Waals surface area contributed by atoms with Gasteiger partial charge in [0, 0.05) is 0 Å². The van der Waals surface area contributed by atoms with Gasteiger partial charge in [0.1, 0.15) is 6.61 Å². The SMILES string of the molecule is C=COCc1ccc(C2CCC(C)CC2)cc1. The van der Waals surface area contributed by atoms with Crippen LogP contribution in [0.1, 0.15) is 49.7 Å². The van der Waals surface area contributed by atoms with Crippen molar-refractivity contribution in [1.82, 2.24) is 0 Å². The minimum Gasteiger partial charge on any atom is -0.497 e. The summed E-state index contributed by atoms with van der Waals surface area (Å²) in [5, 5.41) is 0. The second-order valence-electron chi connectivity index (χ2n) is 5.18. The van der Waals surface area contributed by atoms with Crippen molar-refractivity contribution in [2.24, 2.45) is 5.92 Å². The fourth-order valence-corrected chi connectivity index (χ4v) is 2.63. The molecule has 0 unspecified atom stereocenters. The molecule has 0 saturated heterocycles. The summed E-state index contributed by atoms with van der Waals surface area (Å²) in [7, 11) is 0. The van der Waals surface area contributed by atoms with E-state index < -0.39 is 0 Å². The molecule has 1 nitrogen and oxygen atoms in total. The Morgan fingerprint density at radius 1 is 1.18 bits per heavy atom. The van der Waals surface area contributed by atoms with Gasteiger partial charge in [-0.1, -0.05) is 50.6 Å². The highest BCUT2D eigenvalue weighted by molar-refractivity contribution is 5.25. The van der Waals surface area contributed by atoms with Crippen molar-refractivity contribution >= 4 is 0 Å². The summed E-state index contributed by atoms with van der Waals surface area (Å²) >= 11 is 0. The molecule has 1 aromatic rings. The van der Waals surface area contributed by atoms with Crippen LogP contribution in [0.15, 0.2) is 37.1 Å². The molecular weight excluding hydrogens is 208 g/mol. The summed E-state index contributed by atoms with van der Waals surface area (Å²) < 4.78 is 5.18. The summed E-state index contributed by atoms with van der Waals surface area (Å²) in [4.78, 5) is 0. The molecule has 0 bridgehead atoms. The topological polar surface area (TPSA) is 9.23 Å². The smallest absolute Gasteiger partial charge is 0.112 e. The molecule has 0 aliphatic heterocycles. The first-order valence-corrected chi connectivity index (χ1v) is 6.61. The van der Waals surface area contributed by atoms with Crippen LogP contribution in [-0.2, 0) is 11.3 Å². The van der Waals surface area contributed by atoms with Crippen LogP contribution in [0.5, 0.6) is 0 Å². The summed E-state index contributed by atoms with van der Waals surface area (Å²) in [6.45, 7) is 6.55. The fraction of sp³-hybridized carbons (Fsp3) is 0.500. The molecule has 2 rings (SSSR count). The summed E-state index contributed by atoms with van der Waals surface area (Å²) in [5.41, 5.74) is 2.72. The van der Waals surface area contributed by atoms with E-state index in [-0.39, 0.29) is 0 Å². The fourth-order valence-electron chi connectivity index (χ4n) is 2.63. The van der Waals surface area contributed by atoms with Gasteiger partial charge in [-0.2, -0.15) is 0 Å². The number of hydrogen-bond donors (Lipinski definition) is 0. The van der Waals surface area contributed by atoms with Crippen molar-refractivity contribution in [2.45, 2.75) is 45.1 Å². The van der Waals surface area contributed by atoms with Crippen LogP contribution in [-0.4, -0.2) is 0 Å². The Morgan fingerprint density at radius 2 is 1.82 bits per heavy atom. The number of benzene rings is 1. The molecule has 1 aliphatic carbocycles. The van der Waals surface area contributed by atoms with Gasteiger partial charge in [0.2, 0.25) is 0 Å². The van der Waals surface area contributed by atoms with Crippen molar-refractivity contribution in [3.05, 3.63) is 48.2 Å². The first-order valence-electron chi connectivity index (χ1n) is 6.61. The highest BCUT2D eigenvalue weighted by Gasteiger charge is 2.19. The molecule has 17 heavy (non-hydrogen) atoms. The third-order valence-corrected chi connectivity index (χ3v) is 3.83. The molecule has 0 heterocycles. The van der Waals surface area contributed by atoms with Crippen LogP contribution in [0.4, 0.5) is 0 Å². The van der Waals surface area contributed by atoms with Crippen molar-refractivity contribution in [3.8, 4) is 0 Å². The van der Waals surface area contributed by atoms with Crippen molar-refractivity contribution in [3.63, 3.8) is 0 Å².